The van der Waals surface area contributed by atoms with Gasteiger partial charge in [-0.2, -0.15) is 0 Å². The molecule has 1 aromatic carbocycles. The van der Waals surface area contributed by atoms with Crippen LogP contribution in [0.2, 0.25) is 0 Å². The zero-order chi connectivity index (χ0) is 13.8. The largest absolute Gasteiger partial charge is 0.493 e. The van der Waals surface area contributed by atoms with Crippen molar-refractivity contribution in [1.82, 2.24) is 0 Å². The molecule has 0 saturated carbocycles. The van der Waals surface area contributed by atoms with Gasteiger partial charge < -0.3 is 25.1 Å². The van der Waals surface area contributed by atoms with Gasteiger partial charge in [0, 0.05) is 12.0 Å². The molecule has 0 saturated heterocycles. The minimum Gasteiger partial charge on any atom is -0.493 e. The summed E-state index contributed by atoms with van der Waals surface area (Å²) in [7, 11) is 4.66. The summed E-state index contributed by atoms with van der Waals surface area (Å²) in [4.78, 5) is 0. The molecule has 0 aliphatic carbocycles. The van der Waals surface area contributed by atoms with Gasteiger partial charge in [0.15, 0.2) is 11.5 Å². The highest BCUT2D eigenvalue weighted by molar-refractivity contribution is 5.55. The molecule has 1 unspecified atom stereocenters. The number of methoxy groups -OCH3 is 3. The smallest absolute Gasteiger partial charge is 0.203 e. The molecular formula is C13H21NO4. The van der Waals surface area contributed by atoms with Crippen LogP contribution >= 0.6 is 0 Å². The van der Waals surface area contributed by atoms with E-state index in [2.05, 4.69) is 0 Å². The third-order valence-corrected chi connectivity index (χ3v) is 3.16. The predicted octanol–water partition coefficient (Wildman–Crippen LogP) is 0.921. The van der Waals surface area contributed by atoms with E-state index in [4.69, 9.17) is 19.9 Å². The molecule has 0 amide bonds. The molecule has 0 heterocycles. The van der Waals surface area contributed by atoms with Crippen molar-refractivity contribution in [2.45, 2.75) is 12.3 Å². The van der Waals surface area contributed by atoms with Crippen molar-refractivity contribution in [1.29, 1.82) is 0 Å². The van der Waals surface area contributed by atoms with Crippen molar-refractivity contribution in [2.24, 2.45) is 5.73 Å². The van der Waals surface area contributed by atoms with Crippen molar-refractivity contribution in [3.05, 3.63) is 17.7 Å². The Labute approximate surface area is 107 Å². The summed E-state index contributed by atoms with van der Waals surface area (Å²) in [5.74, 6) is 1.64. The molecule has 0 aliphatic heterocycles. The Balaban J connectivity index is 3.39. The van der Waals surface area contributed by atoms with Crippen LogP contribution in [0.15, 0.2) is 12.1 Å². The number of aliphatic hydroxyl groups excluding tert-OH is 1. The number of aliphatic hydroxyl groups is 1. The third kappa shape index (κ3) is 2.52. The van der Waals surface area contributed by atoms with E-state index in [9.17, 15) is 5.11 Å². The molecular weight excluding hydrogens is 234 g/mol. The Morgan fingerprint density at radius 3 is 1.89 bits per heavy atom. The minimum absolute atomic E-state index is 0.0534. The van der Waals surface area contributed by atoms with Crippen LogP contribution in [0.4, 0.5) is 0 Å². The second-order valence-electron chi connectivity index (χ2n) is 4.34. The monoisotopic (exact) mass is 255 g/mol. The van der Waals surface area contributed by atoms with Crippen LogP contribution < -0.4 is 19.9 Å². The van der Waals surface area contributed by atoms with E-state index in [0.717, 1.165) is 5.56 Å². The van der Waals surface area contributed by atoms with Gasteiger partial charge >= 0.3 is 0 Å². The van der Waals surface area contributed by atoms with Gasteiger partial charge in [0.2, 0.25) is 5.75 Å². The molecule has 5 nitrogen and oxygen atoms in total. The lowest BCUT2D eigenvalue weighted by molar-refractivity contribution is 0.209. The number of nitrogens with two attached hydrogens (primary N) is 1. The Hall–Kier alpha value is -1.46. The molecule has 5 heteroatoms. The fraction of sp³-hybridized carbons (Fsp3) is 0.538. The first-order chi connectivity index (χ1) is 8.56. The van der Waals surface area contributed by atoms with Crippen LogP contribution in [-0.4, -0.2) is 39.6 Å². The van der Waals surface area contributed by atoms with Crippen LogP contribution in [0.25, 0.3) is 0 Å². The minimum atomic E-state index is -0.535. The van der Waals surface area contributed by atoms with Gasteiger partial charge in [0.25, 0.3) is 0 Å². The average molecular weight is 255 g/mol. The Morgan fingerprint density at radius 1 is 1.11 bits per heavy atom. The van der Waals surface area contributed by atoms with Crippen molar-refractivity contribution < 1.29 is 19.3 Å². The zero-order valence-electron chi connectivity index (χ0n) is 11.3. The molecule has 18 heavy (non-hydrogen) atoms. The normalized spacial score (nSPS) is 13.9. The molecule has 0 aromatic heterocycles. The average Bonchev–Trinajstić information content (AvgIpc) is 2.44. The van der Waals surface area contributed by atoms with Crippen LogP contribution in [0.1, 0.15) is 12.5 Å². The summed E-state index contributed by atoms with van der Waals surface area (Å²) >= 11 is 0. The quantitative estimate of drug-likeness (QED) is 0.790. The number of benzene rings is 1. The highest BCUT2D eigenvalue weighted by Crippen LogP contribution is 2.41. The van der Waals surface area contributed by atoms with Crippen molar-refractivity contribution in [2.75, 3.05) is 34.5 Å². The Kier molecular flexibility index (Phi) is 4.81. The first kappa shape index (κ1) is 14.6. The van der Waals surface area contributed by atoms with Gasteiger partial charge in [-0.3, -0.25) is 0 Å². The number of ether oxygens (including phenoxy) is 3. The first-order valence-corrected chi connectivity index (χ1v) is 5.67. The molecule has 0 aliphatic rings. The van der Waals surface area contributed by atoms with Gasteiger partial charge in [0.1, 0.15) is 0 Å². The molecule has 0 fully saturated rings. The van der Waals surface area contributed by atoms with E-state index in [1.54, 1.807) is 21.3 Å². The zero-order valence-corrected chi connectivity index (χ0v) is 11.3. The van der Waals surface area contributed by atoms with E-state index in [1.807, 2.05) is 19.1 Å². The maximum atomic E-state index is 9.50. The maximum Gasteiger partial charge on any atom is 0.203 e. The summed E-state index contributed by atoms with van der Waals surface area (Å²) in [6, 6.07) is 3.62. The van der Waals surface area contributed by atoms with E-state index in [-0.39, 0.29) is 6.61 Å². The lowest BCUT2D eigenvalue weighted by Gasteiger charge is -2.27. The predicted molar refractivity (Wildman–Crippen MR) is 69.6 cm³/mol. The molecule has 1 atom stereocenters. The van der Waals surface area contributed by atoms with Gasteiger partial charge in [-0.25, -0.2) is 0 Å². The van der Waals surface area contributed by atoms with Gasteiger partial charge in [0.05, 0.1) is 27.9 Å². The fourth-order valence-corrected chi connectivity index (χ4v) is 1.70. The summed E-state index contributed by atoms with van der Waals surface area (Å²) in [6.07, 6.45) is 0. The highest BCUT2D eigenvalue weighted by atomic mass is 16.5. The van der Waals surface area contributed by atoms with Gasteiger partial charge in [-0.05, 0) is 17.7 Å². The second kappa shape index (κ2) is 5.93. The van der Waals surface area contributed by atoms with Gasteiger partial charge in [-0.1, -0.05) is 6.92 Å². The lowest BCUT2D eigenvalue weighted by atomic mass is 9.83. The third-order valence-electron chi connectivity index (χ3n) is 3.16. The Bertz CT molecular complexity index is 377. The molecule has 1 aromatic rings. The summed E-state index contributed by atoms with van der Waals surface area (Å²) in [6.45, 7) is 2.15. The second-order valence-corrected chi connectivity index (χ2v) is 4.34. The van der Waals surface area contributed by atoms with Crippen LogP contribution in [0, 0.1) is 0 Å². The SMILES string of the molecule is COc1cc(C(C)(CN)CO)cc(OC)c1OC. The van der Waals surface area contributed by atoms with Crippen LogP contribution in [-0.2, 0) is 5.41 Å². The summed E-state index contributed by atoms with van der Waals surface area (Å²) in [5, 5.41) is 9.50. The van der Waals surface area contributed by atoms with E-state index < -0.39 is 5.41 Å². The molecule has 102 valence electrons. The van der Waals surface area contributed by atoms with Crippen molar-refractivity contribution in [3.8, 4) is 17.2 Å². The topological polar surface area (TPSA) is 73.9 Å². The molecule has 1 rings (SSSR count). The lowest BCUT2D eigenvalue weighted by Crippen LogP contribution is -2.35. The maximum absolute atomic E-state index is 9.50. The summed E-state index contributed by atoms with van der Waals surface area (Å²) in [5.41, 5.74) is 6.04. The first-order valence-electron chi connectivity index (χ1n) is 5.67. The molecule has 0 bridgehead atoms. The summed E-state index contributed by atoms with van der Waals surface area (Å²) < 4.78 is 15.8. The van der Waals surface area contributed by atoms with Gasteiger partial charge in [-0.15, -0.1) is 0 Å². The molecule has 3 N–H and O–H groups in total. The number of hydrogen-bond acceptors (Lipinski definition) is 5. The van der Waals surface area contributed by atoms with Crippen molar-refractivity contribution >= 4 is 0 Å². The van der Waals surface area contributed by atoms with E-state index in [0.29, 0.717) is 23.8 Å². The van der Waals surface area contributed by atoms with E-state index in [1.165, 1.54) is 0 Å². The van der Waals surface area contributed by atoms with Crippen molar-refractivity contribution in [3.63, 3.8) is 0 Å². The molecule has 0 spiro atoms. The fourth-order valence-electron chi connectivity index (χ4n) is 1.70. The van der Waals surface area contributed by atoms with Crippen LogP contribution in [0.5, 0.6) is 17.2 Å². The number of hydrogen-bond donors (Lipinski definition) is 2. The number of rotatable bonds is 6. The van der Waals surface area contributed by atoms with Crippen LogP contribution in [0.3, 0.4) is 0 Å². The standard InChI is InChI=1S/C13H21NO4/c1-13(7-14,8-15)9-5-10(16-2)12(18-4)11(6-9)17-3/h5-6,15H,7-8,14H2,1-4H3. The molecule has 0 radical (unpaired) electrons. The highest BCUT2D eigenvalue weighted by Gasteiger charge is 2.27. The Morgan fingerprint density at radius 2 is 1.61 bits per heavy atom. The van der Waals surface area contributed by atoms with E-state index >= 15 is 0 Å².